The summed E-state index contributed by atoms with van der Waals surface area (Å²) in [6.45, 7) is 7.20. The number of rotatable bonds is 1. The van der Waals surface area contributed by atoms with Crippen LogP contribution in [-0.2, 0) is 0 Å². The van der Waals surface area contributed by atoms with Gasteiger partial charge in [-0.15, -0.1) is 0 Å². The van der Waals surface area contributed by atoms with Crippen molar-refractivity contribution >= 4 is 0 Å². The molecule has 2 aliphatic rings. The van der Waals surface area contributed by atoms with Crippen LogP contribution in [0.1, 0.15) is 78.6 Å². The maximum absolute atomic E-state index is 2.40. The molecule has 88 valence electrons. The van der Waals surface area contributed by atoms with E-state index < -0.39 is 0 Å². The van der Waals surface area contributed by atoms with Crippen LogP contribution < -0.4 is 0 Å². The monoisotopic (exact) mass is 208 g/mol. The van der Waals surface area contributed by atoms with Gasteiger partial charge in [-0.2, -0.15) is 0 Å². The molecule has 1 unspecified atom stereocenters. The van der Waals surface area contributed by atoms with Crippen molar-refractivity contribution in [2.24, 2.45) is 16.7 Å². The largest absolute Gasteiger partial charge is 0.0602 e. The molecule has 0 radical (unpaired) electrons. The fourth-order valence-electron chi connectivity index (χ4n) is 4.12. The maximum Gasteiger partial charge on any atom is -0.0295 e. The van der Waals surface area contributed by atoms with Gasteiger partial charge in [0.2, 0.25) is 0 Å². The van der Waals surface area contributed by atoms with Crippen LogP contribution in [0.3, 0.4) is 0 Å². The fraction of sp³-hybridized carbons (Fsp3) is 1.00. The van der Waals surface area contributed by atoms with E-state index in [1.54, 1.807) is 25.7 Å². The first-order valence-electron chi connectivity index (χ1n) is 6.99. The first-order chi connectivity index (χ1) is 6.99. The number of hydrogen-bond donors (Lipinski definition) is 0. The van der Waals surface area contributed by atoms with Crippen molar-refractivity contribution in [2.75, 3.05) is 0 Å². The minimum absolute atomic E-state index is 0.546. The van der Waals surface area contributed by atoms with E-state index in [1.807, 2.05) is 0 Å². The van der Waals surface area contributed by atoms with E-state index in [0.29, 0.717) is 5.41 Å². The number of hydrogen-bond acceptors (Lipinski definition) is 0. The second-order valence-electron chi connectivity index (χ2n) is 7.43. The second-order valence-corrected chi connectivity index (χ2v) is 7.43. The zero-order chi connectivity index (χ0) is 10.9. The Kier molecular flexibility index (Phi) is 3.14. The third-order valence-corrected chi connectivity index (χ3v) is 4.62. The summed E-state index contributed by atoms with van der Waals surface area (Å²) in [7, 11) is 0. The second kappa shape index (κ2) is 4.11. The van der Waals surface area contributed by atoms with Gasteiger partial charge in [0.1, 0.15) is 0 Å². The molecule has 0 aliphatic heterocycles. The quantitative estimate of drug-likeness (QED) is 0.557. The van der Waals surface area contributed by atoms with E-state index in [1.165, 1.54) is 32.1 Å². The normalized spacial score (nSPS) is 31.0. The smallest absolute Gasteiger partial charge is 0.0295 e. The molecule has 0 bridgehead atoms. The lowest BCUT2D eigenvalue weighted by Crippen LogP contribution is -2.21. The van der Waals surface area contributed by atoms with Gasteiger partial charge in [-0.25, -0.2) is 0 Å². The van der Waals surface area contributed by atoms with E-state index in [9.17, 15) is 0 Å². The Morgan fingerprint density at radius 1 is 1.00 bits per heavy atom. The third-order valence-electron chi connectivity index (χ3n) is 4.62. The van der Waals surface area contributed by atoms with Crippen LogP contribution in [0, 0.1) is 16.7 Å². The van der Waals surface area contributed by atoms with Crippen LogP contribution >= 0.6 is 0 Å². The molecule has 1 spiro atoms. The Morgan fingerprint density at radius 2 is 1.67 bits per heavy atom. The van der Waals surface area contributed by atoms with Crippen molar-refractivity contribution in [3.8, 4) is 0 Å². The third kappa shape index (κ3) is 2.98. The zero-order valence-electron chi connectivity index (χ0n) is 10.9. The van der Waals surface area contributed by atoms with Crippen LogP contribution in [0.2, 0.25) is 0 Å². The van der Waals surface area contributed by atoms with Crippen molar-refractivity contribution in [2.45, 2.75) is 78.6 Å². The molecule has 0 N–H and O–H groups in total. The first kappa shape index (κ1) is 11.5. The highest BCUT2D eigenvalue weighted by atomic mass is 14.5. The van der Waals surface area contributed by atoms with Crippen LogP contribution in [0.4, 0.5) is 0 Å². The van der Waals surface area contributed by atoms with E-state index in [0.717, 1.165) is 11.3 Å². The van der Waals surface area contributed by atoms with Gasteiger partial charge in [-0.05, 0) is 55.3 Å². The average molecular weight is 208 g/mol. The maximum atomic E-state index is 2.40. The van der Waals surface area contributed by atoms with Gasteiger partial charge in [0.05, 0.1) is 0 Å². The van der Waals surface area contributed by atoms with Crippen molar-refractivity contribution in [3.63, 3.8) is 0 Å². The molecule has 1 atom stereocenters. The molecule has 2 saturated carbocycles. The van der Waals surface area contributed by atoms with Crippen molar-refractivity contribution < 1.29 is 0 Å². The Morgan fingerprint density at radius 3 is 2.27 bits per heavy atom. The summed E-state index contributed by atoms with van der Waals surface area (Å²) in [5.41, 5.74) is 1.36. The van der Waals surface area contributed by atoms with E-state index in [-0.39, 0.29) is 0 Å². The van der Waals surface area contributed by atoms with E-state index >= 15 is 0 Å². The van der Waals surface area contributed by atoms with Crippen LogP contribution in [-0.4, -0.2) is 0 Å². The highest BCUT2D eigenvalue weighted by Gasteiger charge is 2.40. The van der Waals surface area contributed by atoms with Gasteiger partial charge >= 0.3 is 0 Å². The highest BCUT2D eigenvalue weighted by molar-refractivity contribution is 4.92. The first-order valence-corrected chi connectivity index (χ1v) is 6.99. The summed E-state index contributed by atoms with van der Waals surface area (Å²) >= 11 is 0. The SMILES string of the molecule is CC(C)(C)CC1CCC2(CCCCC2)C1. The minimum Gasteiger partial charge on any atom is -0.0602 e. The topological polar surface area (TPSA) is 0 Å². The summed E-state index contributed by atoms with van der Waals surface area (Å²) in [6, 6.07) is 0. The van der Waals surface area contributed by atoms with Gasteiger partial charge in [0.15, 0.2) is 0 Å². The van der Waals surface area contributed by atoms with Gasteiger partial charge < -0.3 is 0 Å². The molecule has 0 heterocycles. The molecule has 0 saturated heterocycles. The van der Waals surface area contributed by atoms with Crippen molar-refractivity contribution in [1.29, 1.82) is 0 Å². The Bertz CT molecular complexity index is 203. The van der Waals surface area contributed by atoms with Crippen molar-refractivity contribution in [1.82, 2.24) is 0 Å². The summed E-state index contributed by atoms with van der Waals surface area (Å²) in [4.78, 5) is 0. The van der Waals surface area contributed by atoms with Gasteiger partial charge in [0, 0.05) is 0 Å². The Hall–Kier alpha value is 0. The molecule has 0 heteroatoms. The standard InChI is InChI=1S/C15H28/c1-14(2,3)11-13-7-10-15(12-13)8-5-4-6-9-15/h13H,4-12H2,1-3H3. The predicted octanol–water partition coefficient (Wildman–Crippen LogP) is 5.17. The Labute approximate surface area is 95.8 Å². The Balaban J connectivity index is 1.88. The van der Waals surface area contributed by atoms with Gasteiger partial charge in [-0.3, -0.25) is 0 Å². The zero-order valence-corrected chi connectivity index (χ0v) is 10.9. The summed E-state index contributed by atoms with van der Waals surface area (Å²) in [5.74, 6) is 1.04. The molecule has 0 aromatic carbocycles. The van der Waals surface area contributed by atoms with E-state index in [2.05, 4.69) is 20.8 Å². The van der Waals surface area contributed by atoms with E-state index in [4.69, 9.17) is 0 Å². The lowest BCUT2D eigenvalue weighted by atomic mass is 9.71. The van der Waals surface area contributed by atoms with Crippen LogP contribution in [0.15, 0.2) is 0 Å². The molecule has 2 fully saturated rings. The summed E-state index contributed by atoms with van der Waals surface area (Å²) < 4.78 is 0. The molecule has 0 aromatic heterocycles. The van der Waals surface area contributed by atoms with Crippen LogP contribution in [0.5, 0.6) is 0 Å². The van der Waals surface area contributed by atoms with Gasteiger partial charge in [-0.1, -0.05) is 40.0 Å². The van der Waals surface area contributed by atoms with Gasteiger partial charge in [0.25, 0.3) is 0 Å². The predicted molar refractivity (Wildman–Crippen MR) is 66.9 cm³/mol. The van der Waals surface area contributed by atoms with Crippen LogP contribution in [0.25, 0.3) is 0 Å². The molecule has 0 amide bonds. The molecular weight excluding hydrogens is 180 g/mol. The average Bonchev–Trinajstić information content (AvgIpc) is 2.47. The minimum atomic E-state index is 0.546. The fourth-order valence-corrected chi connectivity index (χ4v) is 4.12. The summed E-state index contributed by atoms with van der Waals surface area (Å²) in [6.07, 6.45) is 13.7. The molecule has 0 nitrogen and oxygen atoms in total. The lowest BCUT2D eigenvalue weighted by molar-refractivity contribution is 0.180. The highest BCUT2D eigenvalue weighted by Crippen LogP contribution is 2.53. The molecule has 2 rings (SSSR count). The molecule has 0 aromatic rings. The summed E-state index contributed by atoms with van der Waals surface area (Å²) in [5, 5.41) is 0. The molecule has 2 aliphatic carbocycles. The molecular formula is C15H28. The molecule has 15 heavy (non-hydrogen) atoms. The lowest BCUT2D eigenvalue weighted by Gasteiger charge is -2.34. The van der Waals surface area contributed by atoms with Crippen molar-refractivity contribution in [3.05, 3.63) is 0 Å².